The zero-order valence-electron chi connectivity index (χ0n) is 12.2. The van der Waals surface area contributed by atoms with Crippen LogP contribution in [0.2, 0.25) is 0 Å². The van der Waals surface area contributed by atoms with Crippen molar-refractivity contribution in [2.24, 2.45) is 0 Å². The lowest BCUT2D eigenvalue weighted by molar-refractivity contribution is 0.520. The van der Waals surface area contributed by atoms with Gasteiger partial charge in [-0.2, -0.15) is 5.26 Å². The van der Waals surface area contributed by atoms with Gasteiger partial charge in [-0.05, 0) is 11.6 Å². The quantitative estimate of drug-likeness (QED) is 0.890. The summed E-state index contributed by atoms with van der Waals surface area (Å²) in [5, 5.41) is 11.7. The smallest absolute Gasteiger partial charge is 0.242 e. The van der Waals surface area contributed by atoms with Crippen LogP contribution in [0.3, 0.4) is 0 Å². The Morgan fingerprint density at radius 2 is 1.95 bits per heavy atom. The van der Waals surface area contributed by atoms with Crippen LogP contribution in [-0.2, 0) is 16.6 Å². The third kappa shape index (κ3) is 3.39. The molecule has 1 heterocycles. The van der Waals surface area contributed by atoms with Gasteiger partial charge in [0, 0.05) is 20.6 Å². The SMILES string of the molecule is CN(C)S(=O)(=O)c1ccccc1CNc1cnc(C#N)cn1. The molecule has 0 aliphatic heterocycles. The normalized spacial score (nSPS) is 11.2. The summed E-state index contributed by atoms with van der Waals surface area (Å²) in [4.78, 5) is 8.18. The second kappa shape index (κ2) is 6.51. The highest BCUT2D eigenvalue weighted by Crippen LogP contribution is 2.19. The third-order valence-corrected chi connectivity index (χ3v) is 4.87. The van der Waals surface area contributed by atoms with Crippen molar-refractivity contribution in [1.29, 1.82) is 5.26 Å². The molecular formula is C14H15N5O2S. The number of aromatic nitrogens is 2. The van der Waals surface area contributed by atoms with Gasteiger partial charge in [-0.15, -0.1) is 0 Å². The minimum Gasteiger partial charge on any atom is -0.365 e. The molecule has 1 N–H and O–H groups in total. The summed E-state index contributed by atoms with van der Waals surface area (Å²) in [6.45, 7) is 0.282. The Morgan fingerprint density at radius 3 is 2.55 bits per heavy atom. The van der Waals surface area contributed by atoms with Crippen LogP contribution < -0.4 is 5.32 Å². The Kier molecular flexibility index (Phi) is 4.70. The van der Waals surface area contributed by atoms with Gasteiger partial charge in [0.2, 0.25) is 10.0 Å². The molecule has 2 rings (SSSR count). The lowest BCUT2D eigenvalue weighted by atomic mass is 10.2. The molecule has 0 unspecified atom stereocenters. The van der Waals surface area contributed by atoms with E-state index in [0.717, 1.165) is 0 Å². The predicted octanol–water partition coefficient (Wildman–Crippen LogP) is 1.21. The van der Waals surface area contributed by atoms with Gasteiger partial charge in [0.15, 0.2) is 5.69 Å². The van der Waals surface area contributed by atoms with E-state index in [2.05, 4.69) is 15.3 Å². The van der Waals surface area contributed by atoms with Gasteiger partial charge in [0.05, 0.1) is 17.3 Å². The van der Waals surface area contributed by atoms with Gasteiger partial charge in [0.25, 0.3) is 0 Å². The van der Waals surface area contributed by atoms with E-state index in [-0.39, 0.29) is 17.1 Å². The average molecular weight is 317 g/mol. The number of sulfonamides is 1. The second-order valence-electron chi connectivity index (χ2n) is 4.65. The third-order valence-electron chi connectivity index (χ3n) is 2.96. The fourth-order valence-electron chi connectivity index (χ4n) is 1.76. The predicted molar refractivity (Wildman–Crippen MR) is 81.4 cm³/mol. The number of anilines is 1. The molecule has 0 aliphatic carbocycles. The molecule has 0 radical (unpaired) electrons. The van der Waals surface area contributed by atoms with Gasteiger partial charge < -0.3 is 5.32 Å². The van der Waals surface area contributed by atoms with Crippen LogP contribution in [-0.4, -0.2) is 36.8 Å². The zero-order chi connectivity index (χ0) is 16.2. The molecule has 0 fully saturated rings. The van der Waals surface area contributed by atoms with Crippen LogP contribution in [0.25, 0.3) is 0 Å². The van der Waals surface area contributed by atoms with Crippen LogP contribution in [0.5, 0.6) is 0 Å². The van der Waals surface area contributed by atoms with Crippen LogP contribution in [0.4, 0.5) is 5.82 Å². The molecule has 0 atom stereocenters. The molecule has 22 heavy (non-hydrogen) atoms. The van der Waals surface area contributed by atoms with Crippen LogP contribution >= 0.6 is 0 Å². The van der Waals surface area contributed by atoms with E-state index in [0.29, 0.717) is 11.4 Å². The molecule has 1 aromatic carbocycles. The second-order valence-corrected chi connectivity index (χ2v) is 6.77. The fraction of sp³-hybridized carbons (Fsp3) is 0.214. The minimum atomic E-state index is -3.51. The number of nitrogens with one attached hydrogen (secondary N) is 1. The molecule has 0 saturated carbocycles. The van der Waals surface area contributed by atoms with E-state index < -0.39 is 10.0 Å². The first kappa shape index (κ1) is 15.9. The highest BCUT2D eigenvalue weighted by atomic mass is 32.2. The molecule has 0 saturated heterocycles. The zero-order valence-corrected chi connectivity index (χ0v) is 13.0. The topological polar surface area (TPSA) is 99.0 Å². The molecule has 2 aromatic rings. The lowest BCUT2D eigenvalue weighted by Gasteiger charge is -2.15. The van der Waals surface area contributed by atoms with Crippen LogP contribution in [0.15, 0.2) is 41.6 Å². The Hall–Kier alpha value is -2.50. The van der Waals surface area contributed by atoms with Crippen molar-refractivity contribution in [3.8, 4) is 6.07 Å². The lowest BCUT2D eigenvalue weighted by Crippen LogP contribution is -2.23. The van der Waals surface area contributed by atoms with Crippen molar-refractivity contribution in [3.05, 3.63) is 47.9 Å². The van der Waals surface area contributed by atoms with Crippen molar-refractivity contribution >= 4 is 15.8 Å². The summed E-state index contributed by atoms with van der Waals surface area (Å²) in [6, 6.07) is 8.64. The van der Waals surface area contributed by atoms with Crippen molar-refractivity contribution in [2.45, 2.75) is 11.4 Å². The molecule has 7 nitrogen and oxygen atoms in total. The largest absolute Gasteiger partial charge is 0.365 e. The van der Waals surface area contributed by atoms with E-state index in [1.54, 1.807) is 24.3 Å². The summed E-state index contributed by atoms with van der Waals surface area (Å²) in [5.74, 6) is 0.469. The van der Waals surface area contributed by atoms with Crippen molar-refractivity contribution in [1.82, 2.24) is 14.3 Å². The summed E-state index contributed by atoms with van der Waals surface area (Å²) in [5.41, 5.74) is 0.850. The van der Waals surface area contributed by atoms with Crippen LogP contribution in [0.1, 0.15) is 11.3 Å². The number of hydrogen-bond acceptors (Lipinski definition) is 6. The summed E-state index contributed by atoms with van der Waals surface area (Å²) >= 11 is 0. The standard InChI is InChI=1S/C14H15N5O2S/c1-19(2)22(20,21)13-6-4-3-5-11(13)8-17-14-10-16-12(7-15)9-18-14/h3-6,9-10H,8H2,1-2H3,(H,17,18). The Balaban J connectivity index is 2.22. The van der Waals surface area contributed by atoms with E-state index in [9.17, 15) is 8.42 Å². The summed E-state index contributed by atoms with van der Waals surface area (Å²) in [6.07, 6.45) is 2.78. The highest BCUT2D eigenvalue weighted by molar-refractivity contribution is 7.89. The van der Waals surface area contributed by atoms with E-state index >= 15 is 0 Å². The Morgan fingerprint density at radius 1 is 1.23 bits per heavy atom. The van der Waals surface area contributed by atoms with Gasteiger partial charge in [-0.25, -0.2) is 22.7 Å². The maximum atomic E-state index is 12.3. The van der Waals surface area contributed by atoms with Gasteiger partial charge in [-0.3, -0.25) is 0 Å². The van der Waals surface area contributed by atoms with E-state index in [4.69, 9.17) is 5.26 Å². The first-order chi connectivity index (χ1) is 10.4. The Bertz CT molecular complexity index is 795. The molecule has 0 aliphatic rings. The molecule has 0 bridgehead atoms. The Labute approximate surface area is 129 Å². The van der Waals surface area contributed by atoms with Gasteiger partial charge in [-0.1, -0.05) is 18.2 Å². The monoisotopic (exact) mass is 317 g/mol. The fourth-order valence-corrected chi connectivity index (χ4v) is 2.88. The molecule has 1 aromatic heterocycles. The molecule has 8 heteroatoms. The van der Waals surface area contributed by atoms with Crippen molar-refractivity contribution < 1.29 is 8.42 Å². The number of hydrogen-bond donors (Lipinski definition) is 1. The molecule has 0 spiro atoms. The average Bonchev–Trinajstić information content (AvgIpc) is 2.53. The first-order valence-corrected chi connectivity index (χ1v) is 7.85. The number of nitriles is 1. The van der Waals surface area contributed by atoms with Gasteiger partial charge in [0.1, 0.15) is 11.9 Å². The maximum Gasteiger partial charge on any atom is 0.242 e. The van der Waals surface area contributed by atoms with Crippen molar-refractivity contribution in [2.75, 3.05) is 19.4 Å². The summed E-state index contributed by atoms with van der Waals surface area (Å²) in [7, 11) is -0.525. The summed E-state index contributed by atoms with van der Waals surface area (Å²) < 4.78 is 25.7. The number of nitrogens with zero attached hydrogens (tertiary/aromatic N) is 4. The van der Waals surface area contributed by atoms with E-state index in [1.807, 2.05) is 6.07 Å². The minimum absolute atomic E-state index is 0.223. The first-order valence-electron chi connectivity index (χ1n) is 6.41. The van der Waals surface area contributed by atoms with Gasteiger partial charge >= 0.3 is 0 Å². The highest BCUT2D eigenvalue weighted by Gasteiger charge is 2.20. The molecular weight excluding hydrogens is 302 g/mol. The van der Waals surface area contributed by atoms with Crippen molar-refractivity contribution in [3.63, 3.8) is 0 Å². The molecule has 0 amide bonds. The maximum absolute atomic E-state index is 12.3. The molecule has 114 valence electrons. The van der Waals surface area contributed by atoms with E-state index in [1.165, 1.54) is 30.8 Å². The number of benzene rings is 1. The van der Waals surface area contributed by atoms with Crippen LogP contribution in [0, 0.1) is 11.3 Å². The number of rotatable bonds is 5.